The number of methoxy groups -OCH3 is 1. The van der Waals surface area contributed by atoms with Crippen LogP contribution in [0.25, 0.3) is 11.4 Å². The van der Waals surface area contributed by atoms with Gasteiger partial charge in [0, 0.05) is 5.56 Å². The van der Waals surface area contributed by atoms with E-state index in [9.17, 15) is 4.79 Å². The van der Waals surface area contributed by atoms with Crippen LogP contribution in [0.3, 0.4) is 0 Å². The largest absolute Gasteiger partial charge is 0.496 e. The molecule has 0 saturated heterocycles. The first kappa shape index (κ1) is 16.7. The van der Waals surface area contributed by atoms with Crippen molar-refractivity contribution in [1.82, 2.24) is 15.5 Å². The maximum absolute atomic E-state index is 12.3. The van der Waals surface area contributed by atoms with Crippen LogP contribution in [0.5, 0.6) is 5.75 Å². The summed E-state index contributed by atoms with van der Waals surface area (Å²) in [6.07, 6.45) is 0. The number of aromatic nitrogens is 2. The van der Waals surface area contributed by atoms with Crippen molar-refractivity contribution < 1.29 is 14.1 Å². The Bertz CT molecular complexity index is 872. The van der Waals surface area contributed by atoms with Gasteiger partial charge in [0.1, 0.15) is 11.8 Å². The number of benzene rings is 2. The molecule has 1 atom stereocenters. The van der Waals surface area contributed by atoms with Crippen molar-refractivity contribution in [2.24, 2.45) is 0 Å². The number of hydrogen-bond donors (Lipinski definition) is 1. The Morgan fingerprint density at radius 2 is 1.88 bits per heavy atom. The minimum Gasteiger partial charge on any atom is -0.496 e. The Kier molecular flexibility index (Phi) is 4.79. The molecule has 0 saturated carbocycles. The highest BCUT2D eigenvalue weighted by molar-refractivity contribution is 5.94. The van der Waals surface area contributed by atoms with Crippen molar-refractivity contribution in [2.45, 2.75) is 19.9 Å². The minimum absolute atomic E-state index is 0.190. The fourth-order valence-electron chi connectivity index (χ4n) is 2.40. The lowest BCUT2D eigenvalue weighted by molar-refractivity contribution is 0.0932. The van der Waals surface area contributed by atoms with Crippen molar-refractivity contribution in [1.29, 1.82) is 0 Å². The van der Waals surface area contributed by atoms with Crippen LogP contribution in [-0.4, -0.2) is 23.2 Å². The van der Waals surface area contributed by atoms with Crippen molar-refractivity contribution >= 4 is 5.91 Å². The Morgan fingerprint density at radius 1 is 1.16 bits per heavy atom. The average Bonchev–Trinajstić information content (AvgIpc) is 3.12. The van der Waals surface area contributed by atoms with Crippen molar-refractivity contribution in [3.8, 4) is 17.1 Å². The van der Waals surface area contributed by atoms with Gasteiger partial charge in [-0.05, 0) is 38.1 Å². The summed E-state index contributed by atoms with van der Waals surface area (Å²) in [5, 5.41) is 6.85. The van der Waals surface area contributed by atoms with Crippen LogP contribution in [0.1, 0.15) is 34.8 Å². The lowest BCUT2D eigenvalue weighted by Crippen LogP contribution is -2.26. The number of nitrogens with one attached hydrogen (secondary N) is 1. The minimum atomic E-state index is -0.412. The third-order valence-electron chi connectivity index (χ3n) is 3.82. The summed E-state index contributed by atoms with van der Waals surface area (Å²) in [4.78, 5) is 16.7. The molecule has 0 aliphatic rings. The predicted octanol–water partition coefficient (Wildman–Crippen LogP) is 3.54. The highest BCUT2D eigenvalue weighted by Crippen LogP contribution is 2.28. The number of ether oxygens (including phenoxy) is 1. The second-order valence-corrected chi connectivity index (χ2v) is 5.72. The van der Waals surface area contributed by atoms with E-state index in [0.29, 0.717) is 23.0 Å². The molecule has 6 heteroatoms. The molecule has 0 aliphatic carbocycles. The first-order chi connectivity index (χ1) is 12.1. The first-order valence-electron chi connectivity index (χ1n) is 7.93. The zero-order chi connectivity index (χ0) is 17.8. The normalized spacial score (nSPS) is 11.8. The third-order valence-corrected chi connectivity index (χ3v) is 3.82. The fraction of sp³-hybridized carbons (Fsp3) is 0.211. The first-order valence-corrected chi connectivity index (χ1v) is 7.93. The summed E-state index contributed by atoms with van der Waals surface area (Å²) in [6, 6.07) is 14.4. The van der Waals surface area contributed by atoms with E-state index in [0.717, 1.165) is 11.1 Å². The number of carbonyl (C=O) groups excluding carboxylic acids is 1. The van der Waals surface area contributed by atoms with Crippen molar-refractivity contribution in [2.75, 3.05) is 7.11 Å². The van der Waals surface area contributed by atoms with Crippen LogP contribution < -0.4 is 10.1 Å². The van der Waals surface area contributed by atoms with E-state index >= 15 is 0 Å². The number of nitrogens with zero attached hydrogens (tertiary/aromatic N) is 2. The fourth-order valence-corrected chi connectivity index (χ4v) is 2.40. The van der Waals surface area contributed by atoms with Gasteiger partial charge in [0.15, 0.2) is 0 Å². The topological polar surface area (TPSA) is 77.3 Å². The van der Waals surface area contributed by atoms with E-state index in [1.807, 2.05) is 43.3 Å². The maximum atomic E-state index is 12.3. The molecule has 1 aromatic heterocycles. The van der Waals surface area contributed by atoms with Gasteiger partial charge >= 0.3 is 0 Å². The summed E-state index contributed by atoms with van der Waals surface area (Å²) in [7, 11) is 1.59. The van der Waals surface area contributed by atoms with Gasteiger partial charge in [0.2, 0.25) is 11.7 Å². The molecule has 1 N–H and O–H groups in total. The van der Waals surface area contributed by atoms with E-state index in [-0.39, 0.29) is 5.91 Å². The van der Waals surface area contributed by atoms with Crippen LogP contribution in [0.2, 0.25) is 0 Å². The van der Waals surface area contributed by atoms with E-state index in [1.54, 1.807) is 26.2 Å². The van der Waals surface area contributed by atoms with Crippen molar-refractivity contribution in [3.63, 3.8) is 0 Å². The van der Waals surface area contributed by atoms with Crippen LogP contribution in [-0.2, 0) is 0 Å². The summed E-state index contributed by atoms with van der Waals surface area (Å²) in [5.74, 6) is 1.22. The Labute approximate surface area is 145 Å². The molecule has 25 heavy (non-hydrogen) atoms. The van der Waals surface area contributed by atoms with Gasteiger partial charge in [-0.1, -0.05) is 35.0 Å². The van der Waals surface area contributed by atoms with Gasteiger partial charge in [0.05, 0.1) is 12.7 Å². The number of carbonyl (C=O) groups is 1. The Balaban J connectivity index is 1.75. The summed E-state index contributed by atoms with van der Waals surface area (Å²) in [6.45, 7) is 3.77. The van der Waals surface area contributed by atoms with E-state index in [1.165, 1.54) is 0 Å². The molecule has 128 valence electrons. The predicted molar refractivity (Wildman–Crippen MR) is 93.3 cm³/mol. The van der Waals surface area contributed by atoms with Gasteiger partial charge in [-0.2, -0.15) is 4.98 Å². The quantitative estimate of drug-likeness (QED) is 0.770. The molecule has 0 spiro atoms. The number of amides is 1. The van der Waals surface area contributed by atoms with Gasteiger partial charge in [-0.15, -0.1) is 0 Å². The zero-order valence-corrected chi connectivity index (χ0v) is 14.3. The standard InChI is InChI=1S/C19H19N3O3/c1-12-8-10-14(11-9-12)18(23)20-13(2)19-21-17(22-25-19)15-6-4-5-7-16(15)24-3/h4-11,13H,1-3H3,(H,20,23). The molecule has 6 nitrogen and oxygen atoms in total. The second kappa shape index (κ2) is 7.17. The van der Waals surface area contributed by atoms with Crippen molar-refractivity contribution in [3.05, 3.63) is 65.5 Å². The van der Waals surface area contributed by atoms with Gasteiger partial charge in [0.25, 0.3) is 5.91 Å². The van der Waals surface area contributed by atoms with Crippen LogP contribution in [0, 0.1) is 6.92 Å². The number of rotatable bonds is 5. The van der Waals surface area contributed by atoms with Crippen LogP contribution >= 0.6 is 0 Å². The average molecular weight is 337 g/mol. The zero-order valence-electron chi connectivity index (χ0n) is 14.3. The van der Waals surface area contributed by atoms with Gasteiger partial charge < -0.3 is 14.6 Å². The molecule has 0 fully saturated rings. The maximum Gasteiger partial charge on any atom is 0.251 e. The molecule has 0 aliphatic heterocycles. The molecule has 1 amide bonds. The molecule has 0 radical (unpaired) electrons. The van der Waals surface area contributed by atoms with Crippen LogP contribution in [0.15, 0.2) is 53.1 Å². The van der Waals surface area contributed by atoms with E-state index < -0.39 is 6.04 Å². The summed E-state index contributed by atoms with van der Waals surface area (Å²) < 4.78 is 10.6. The highest BCUT2D eigenvalue weighted by Gasteiger charge is 2.19. The monoisotopic (exact) mass is 337 g/mol. The molecule has 2 aromatic carbocycles. The molecular weight excluding hydrogens is 318 g/mol. The SMILES string of the molecule is COc1ccccc1-c1noc(C(C)NC(=O)c2ccc(C)cc2)n1. The second-order valence-electron chi connectivity index (χ2n) is 5.72. The number of hydrogen-bond acceptors (Lipinski definition) is 5. The number of para-hydroxylation sites is 1. The Hall–Kier alpha value is -3.15. The highest BCUT2D eigenvalue weighted by atomic mass is 16.5. The molecule has 0 bridgehead atoms. The molecule has 3 aromatic rings. The summed E-state index contributed by atoms with van der Waals surface area (Å²) >= 11 is 0. The summed E-state index contributed by atoms with van der Waals surface area (Å²) in [5.41, 5.74) is 2.42. The van der Waals surface area contributed by atoms with Gasteiger partial charge in [-0.25, -0.2) is 0 Å². The molecule has 3 rings (SSSR count). The molecular formula is C19H19N3O3. The van der Waals surface area contributed by atoms with E-state index in [2.05, 4.69) is 15.5 Å². The lowest BCUT2D eigenvalue weighted by Gasteiger charge is -2.09. The lowest BCUT2D eigenvalue weighted by atomic mass is 10.1. The van der Waals surface area contributed by atoms with Gasteiger partial charge in [-0.3, -0.25) is 4.79 Å². The third kappa shape index (κ3) is 3.68. The smallest absolute Gasteiger partial charge is 0.251 e. The van der Waals surface area contributed by atoms with E-state index in [4.69, 9.17) is 9.26 Å². The molecule has 1 heterocycles. The molecule has 1 unspecified atom stereocenters. The van der Waals surface area contributed by atoms with Crippen LogP contribution in [0.4, 0.5) is 0 Å². The number of aryl methyl sites for hydroxylation is 1. The Morgan fingerprint density at radius 3 is 2.60 bits per heavy atom.